The second-order valence-electron chi connectivity index (χ2n) is 6.08. The number of carbonyl (C=O) groups is 1. The maximum Gasteiger partial charge on any atom is 0.233 e. The number of thioether (sulfide) groups is 1. The monoisotopic (exact) mass is 367 g/mol. The molecule has 1 amide bonds. The van der Waals surface area contributed by atoms with E-state index < -0.39 is 0 Å². The number of rotatable bonds is 3. The Morgan fingerprint density at radius 3 is 2.67 bits per heavy atom. The summed E-state index contributed by atoms with van der Waals surface area (Å²) in [7, 11) is 0. The van der Waals surface area contributed by atoms with Crippen molar-refractivity contribution in [2.24, 2.45) is 5.92 Å². The molecule has 1 aliphatic heterocycles. The Bertz CT molecular complexity index is 488. The van der Waals surface area contributed by atoms with Crippen LogP contribution in [0.5, 0.6) is 0 Å². The summed E-state index contributed by atoms with van der Waals surface area (Å²) in [6.07, 6.45) is 7.72. The summed E-state index contributed by atoms with van der Waals surface area (Å²) in [6.45, 7) is 0.973. The van der Waals surface area contributed by atoms with Gasteiger partial charge in [0.05, 0.1) is 5.75 Å². The molecule has 0 bridgehead atoms. The number of carbonyl (C=O) groups excluding carboxylic acids is 1. The van der Waals surface area contributed by atoms with E-state index in [1.807, 2.05) is 12.1 Å². The molecule has 1 saturated carbocycles. The summed E-state index contributed by atoms with van der Waals surface area (Å²) < 4.78 is 1.08. The first kappa shape index (κ1) is 15.4. The molecule has 2 unspecified atom stereocenters. The van der Waals surface area contributed by atoms with Crippen molar-refractivity contribution >= 4 is 33.6 Å². The number of amides is 1. The molecule has 2 aliphatic rings. The topological polar surface area (TPSA) is 20.3 Å². The maximum absolute atomic E-state index is 12.6. The van der Waals surface area contributed by atoms with Crippen LogP contribution in [0.1, 0.15) is 38.5 Å². The number of piperidine rings is 1. The minimum absolute atomic E-state index is 0.333. The van der Waals surface area contributed by atoms with E-state index in [4.69, 9.17) is 0 Å². The average molecular weight is 368 g/mol. The lowest BCUT2D eigenvalue weighted by Crippen LogP contribution is -2.50. The van der Waals surface area contributed by atoms with Gasteiger partial charge in [-0.1, -0.05) is 28.8 Å². The highest BCUT2D eigenvalue weighted by molar-refractivity contribution is 9.10. The van der Waals surface area contributed by atoms with E-state index in [0.29, 0.717) is 17.7 Å². The Hall–Kier alpha value is -0.480. The summed E-state index contributed by atoms with van der Waals surface area (Å²) in [6, 6.07) is 8.74. The predicted molar refractivity (Wildman–Crippen MR) is 91.6 cm³/mol. The summed E-state index contributed by atoms with van der Waals surface area (Å²) in [5.74, 6) is 1.68. The molecule has 1 aromatic rings. The van der Waals surface area contributed by atoms with E-state index in [2.05, 4.69) is 33.0 Å². The molecule has 2 nitrogen and oxygen atoms in total. The van der Waals surface area contributed by atoms with E-state index in [1.165, 1.54) is 43.4 Å². The molecule has 1 aliphatic carbocycles. The zero-order valence-electron chi connectivity index (χ0n) is 12.3. The van der Waals surface area contributed by atoms with E-state index in [0.717, 1.165) is 16.9 Å². The number of benzene rings is 1. The van der Waals surface area contributed by atoms with Crippen LogP contribution in [-0.4, -0.2) is 29.1 Å². The third-order valence-electron chi connectivity index (χ3n) is 4.74. The van der Waals surface area contributed by atoms with Gasteiger partial charge in [0.2, 0.25) is 5.91 Å². The van der Waals surface area contributed by atoms with Crippen LogP contribution < -0.4 is 0 Å². The Labute approximate surface area is 139 Å². The molecule has 1 aromatic carbocycles. The van der Waals surface area contributed by atoms with Gasteiger partial charge in [-0.05, 0) is 55.9 Å². The van der Waals surface area contributed by atoms with Crippen LogP contribution in [0.15, 0.2) is 33.6 Å². The van der Waals surface area contributed by atoms with Gasteiger partial charge in [0.1, 0.15) is 0 Å². The van der Waals surface area contributed by atoms with Crippen LogP contribution in [-0.2, 0) is 4.79 Å². The normalized spacial score (nSPS) is 25.5. The molecule has 3 rings (SSSR count). The van der Waals surface area contributed by atoms with E-state index >= 15 is 0 Å². The second kappa shape index (κ2) is 7.19. The Morgan fingerprint density at radius 2 is 1.86 bits per heavy atom. The molecule has 0 radical (unpaired) electrons. The smallest absolute Gasteiger partial charge is 0.233 e. The molecule has 1 saturated heterocycles. The van der Waals surface area contributed by atoms with Crippen LogP contribution in [0.3, 0.4) is 0 Å². The standard InChI is InChI=1S/C17H22BrNOS/c18-14-7-9-15(10-8-14)21-12-17(20)19-11-3-5-13-4-1-2-6-16(13)19/h7-10,13,16H,1-6,11-12H2. The van der Waals surface area contributed by atoms with Crippen molar-refractivity contribution in [2.75, 3.05) is 12.3 Å². The molecule has 21 heavy (non-hydrogen) atoms. The van der Waals surface area contributed by atoms with Gasteiger partial charge in [-0.15, -0.1) is 11.8 Å². The predicted octanol–water partition coefficient (Wildman–Crippen LogP) is 4.72. The van der Waals surface area contributed by atoms with Gasteiger partial charge in [-0.25, -0.2) is 0 Å². The third-order valence-corrected chi connectivity index (χ3v) is 6.26. The minimum atomic E-state index is 0.333. The number of hydrogen-bond donors (Lipinski definition) is 0. The molecule has 0 aromatic heterocycles. The Balaban J connectivity index is 1.57. The van der Waals surface area contributed by atoms with E-state index in [1.54, 1.807) is 11.8 Å². The van der Waals surface area contributed by atoms with Crippen molar-refractivity contribution in [2.45, 2.75) is 49.5 Å². The van der Waals surface area contributed by atoms with Crippen molar-refractivity contribution in [1.29, 1.82) is 0 Å². The van der Waals surface area contributed by atoms with Gasteiger partial charge in [0.15, 0.2) is 0 Å². The first-order valence-corrected chi connectivity index (χ1v) is 9.70. The van der Waals surface area contributed by atoms with Gasteiger partial charge in [0, 0.05) is 22.0 Å². The van der Waals surface area contributed by atoms with Crippen molar-refractivity contribution < 1.29 is 4.79 Å². The molecule has 0 spiro atoms. The Kier molecular flexibility index (Phi) is 5.28. The van der Waals surface area contributed by atoms with Gasteiger partial charge in [-0.3, -0.25) is 4.79 Å². The van der Waals surface area contributed by atoms with Crippen molar-refractivity contribution in [3.63, 3.8) is 0 Å². The molecule has 1 heterocycles. The number of likely N-dealkylation sites (tertiary alicyclic amines) is 1. The first-order chi connectivity index (χ1) is 10.2. The zero-order valence-corrected chi connectivity index (χ0v) is 14.7. The van der Waals surface area contributed by atoms with Gasteiger partial charge >= 0.3 is 0 Å². The fourth-order valence-corrected chi connectivity index (χ4v) is 4.74. The highest BCUT2D eigenvalue weighted by Gasteiger charge is 2.35. The minimum Gasteiger partial charge on any atom is -0.339 e. The first-order valence-electron chi connectivity index (χ1n) is 7.92. The summed E-state index contributed by atoms with van der Waals surface area (Å²) >= 11 is 5.10. The molecule has 114 valence electrons. The number of fused-ring (bicyclic) bond motifs is 1. The molecular weight excluding hydrogens is 346 g/mol. The molecule has 4 heteroatoms. The number of hydrogen-bond acceptors (Lipinski definition) is 2. The maximum atomic E-state index is 12.6. The fourth-order valence-electron chi connectivity index (χ4n) is 3.69. The quantitative estimate of drug-likeness (QED) is 0.720. The lowest BCUT2D eigenvalue weighted by atomic mass is 9.78. The lowest BCUT2D eigenvalue weighted by Gasteiger charge is -2.44. The lowest BCUT2D eigenvalue weighted by molar-refractivity contribution is -0.134. The van der Waals surface area contributed by atoms with Crippen molar-refractivity contribution in [1.82, 2.24) is 4.90 Å². The van der Waals surface area contributed by atoms with Crippen LogP contribution in [0.25, 0.3) is 0 Å². The fraction of sp³-hybridized carbons (Fsp3) is 0.588. The summed E-state index contributed by atoms with van der Waals surface area (Å²) in [5.41, 5.74) is 0. The largest absolute Gasteiger partial charge is 0.339 e. The van der Waals surface area contributed by atoms with E-state index in [9.17, 15) is 4.79 Å². The zero-order chi connectivity index (χ0) is 14.7. The molecule has 0 N–H and O–H groups in total. The SMILES string of the molecule is O=C(CSc1ccc(Br)cc1)N1CCCC2CCCCC21. The van der Waals surface area contributed by atoms with Gasteiger partial charge < -0.3 is 4.90 Å². The van der Waals surface area contributed by atoms with Gasteiger partial charge in [-0.2, -0.15) is 0 Å². The van der Waals surface area contributed by atoms with Crippen LogP contribution in [0, 0.1) is 5.92 Å². The van der Waals surface area contributed by atoms with Crippen molar-refractivity contribution in [3.8, 4) is 0 Å². The van der Waals surface area contributed by atoms with Crippen molar-refractivity contribution in [3.05, 3.63) is 28.7 Å². The van der Waals surface area contributed by atoms with Crippen LogP contribution >= 0.6 is 27.7 Å². The van der Waals surface area contributed by atoms with E-state index in [-0.39, 0.29) is 0 Å². The summed E-state index contributed by atoms with van der Waals surface area (Å²) in [4.78, 5) is 16.0. The highest BCUT2D eigenvalue weighted by Crippen LogP contribution is 2.35. The van der Waals surface area contributed by atoms with Crippen LogP contribution in [0.4, 0.5) is 0 Å². The molecule has 2 atom stereocenters. The third kappa shape index (κ3) is 3.84. The summed E-state index contributed by atoms with van der Waals surface area (Å²) in [5, 5.41) is 0. The molecule has 2 fully saturated rings. The van der Waals surface area contributed by atoms with Crippen LogP contribution in [0.2, 0.25) is 0 Å². The average Bonchev–Trinajstić information content (AvgIpc) is 2.53. The Morgan fingerprint density at radius 1 is 1.14 bits per heavy atom. The highest BCUT2D eigenvalue weighted by atomic mass is 79.9. The number of halogens is 1. The second-order valence-corrected chi connectivity index (χ2v) is 8.05. The molecular formula is C17H22BrNOS. The van der Waals surface area contributed by atoms with Gasteiger partial charge in [0.25, 0.3) is 0 Å². The number of nitrogens with zero attached hydrogens (tertiary/aromatic N) is 1.